The zero-order chi connectivity index (χ0) is 8.32. The molecule has 0 radical (unpaired) electrons. The second-order valence-electron chi connectivity index (χ2n) is 3.34. The van der Waals surface area contributed by atoms with E-state index < -0.39 is 0 Å². The third-order valence-electron chi connectivity index (χ3n) is 2.08. The topological polar surface area (TPSA) is 34.1 Å². The summed E-state index contributed by atoms with van der Waals surface area (Å²) < 4.78 is 0. The first-order chi connectivity index (χ1) is 5.16. The molecule has 0 aromatic carbocycles. The lowest BCUT2D eigenvalue weighted by Crippen LogP contribution is -2.11. The van der Waals surface area contributed by atoms with Crippen molar-refractivity contribution in [1.82, 2.24) is 0 Å². The highest BCUT2D eigenvalue weighted by molar-refractivity contribution is 5.93. The SMILES string of the molecule is CC1(CCC=O)C=CC(=O)C1. The highest BCUT2D eigenvalue weighted by atomic mass is 16.1. The number of carbonyl (C=O) groups is 2. The van der Waals surface area contributed by atoms with Gasteiger partial charge in [0.05, 0.1) is 0 Å². The summed E-state index contributed by atoms with van der Waals surface area (Å²) in [5.74, 6) is 0.179. The molecule has 0 fully saturated rings. The molecule has 0 amide bonds. The van der Waals surface area contributed by atoms with Crippen molar-refractivity contribution in [1.29, 1.82) is 0 Å². The van der Waals surface area contributed by atoms with Crippen molar-refractivity contribution in [2.24, 2.45) is 5.41 Å². The third kappa shape index (κ3) is 2.00. The fourth-order valence-corrected chi connectivity index (χ4v) is 1.37. The number of hydrogen-bond acceptors (Lipinski definition) is 2. The van der Waals surface area contributed by atoms with Gasteiger partial charge < -0.3 is 4.79 Å². The fourth-order valence-electron chi connectivity index (χ4n) is 1.37. The van der Waals surface area contributed by atoms with E-state index in [0.29, 0.717) is 12.8 Å². The van der Waals surface area contributed by atoms with Crippen LogP contribution in [-0.4, -0.2) is 12.1 Å². The van der Waals surface area contributed by atoms with Crippen LogP contribution in [0.1, 0.15) is 26.2 Å². The van der Waals surface area contributed by atoms with Crippen molar-refractivity contribution in [3.63, 3.8) is 0 Å². The van der Waals surface area contributed by atoms with Crippen molar-refractivity contribution in [3.8, 4) is 0 Å². The molecular weight excluding hydrogens is 140 g/mol. The maximum Gasteiger partial charge on any atom is 0.156 e. The molecule has 0 aromatic rings. The summed E-state index contributed by atoms with van der Waals surface area (Å²) in [6.07, 6.45) is 6.35. The lowest BCUT2D eigenvalue weighted by molar-refractivity contribution is -0.115. The Morgan fingerprint density at radius 3 is 2.91 bits per heavy atom. The Hall–Kier alpha value is -0.920. The molecule has 60 valence electrons. The fraction of sp³-hybridized carbons (Fsp3) is 0.556. The second-order valence-corrected chi connectivity index (χ2v) is 3.34. The Morgan fingerprint density at radius 2 is 2.45 bits per heavy atom. The van der Waals surface area contributed by atoms with Crippen molar-refractivity contribution in [2.45, 2.75) is 26.2 Å². The summed E-state index contributed by atoms with van der Waals surface area (Å²) in [6.45, 7) is 2.01. The van der Waals surface area contributed by atoms with Gasteiger partial charge in [-0.2, -0.15) is 0 Å². The summed E-state index contributed by atoms with van der Waals surface area (Å²) >= 11 is 0. The van der Waals surface area contributed by atoms with Gasteiger partial charge in [-0.25, -0.2) is 0 Å². The molecule has 2 heteroatoms. The monoisotopic (exact) mass is 152 g/mol. The van der Waals surface area contributed by atoms with E-state index >= 15 is 0 Å². The molecule has 1 aliphatic carbocycles. The van der Waals surface area contributed by atoms with Crippen molar-refractivity contribution < 1.29 is 9.59 Å². The Labute approximate surface area is 66.3 Å². The lowest BCUT2D eigenvalue weighted by Gasteiger charge is -2.18. The molecular formula is C9H12O2. The zero-order valence-corrected chi connectivity index (χ0v) is 6.67. The van der Waals surface area contributed by atoms with E-state index in [2.05, 4.69) is 0 Å². The normalized spacial score (nSPS) is 29.4. The molecule has 1 unspecified atom stereocenters. The molecule has 1 atom stereocenters. The molecule has 0 N–H and O–H groups in total. The van der Waals surface area contributed by atoms with Crippen LogP contribution < -0.4 is 0 Å². The largest absolute Gasteiger partial charge is 0.303 e. The first-order valence-corrected chi connectivity index (χ1v) is 3.82. The van der Waals surface area contributed by atoms with Crippen molar-refractivity contribution in [2.75, 3.05) is 0 Å². The van der Waals surface area contributed by atoms with Crippen LogP contribution in [0.4, 0.5) is 0 Å². The Morgan fingerprint density at radius 1 is 1.73 bits per heavy atom. The molecule has 0 aromatic heterocycles. The molecule has 2 nitrogen and oxygen atoms in total. The Kier molecular flexibility index (Phi) is 2.22. The van der Waals surface area contributed by atoms with E-state index in [1.165, 1.54) is 0 Å². The smallest absolute Gasteiger partial charge is 0.156 e. The van der Waals surface area contributed by atoms with Crippen LogP contribution in [0.15, 0.2) is 12.2 Å². The van der Waals surface area contributed by atoms with E-state index in [4.69, 9.17) is 0 Å². The molecule has 0 heterocycles. The lowest BCUT2D eigenvalue weighted by atomic mass is 9.85. The maximum absolute atomic E-state index is 10.8. The summed E-state index contributed by atoms with van der Waals surface area (Å²) in [5.41, 5.74) is -0.0437. The molecule has 0 saturated carbocycles. The predicted molar refractivity (Wildman–Crippen MR) is 42.2 cm³/mol. The Balaban J connectivity index is 2.49. The van der Waals surface area contributed by atoms with Gasteiger partial charge in [-0.1, -0.05) is 13.0 Å². The zero-order valence-electron chi connectivity index (χ0n) is 6.67. The van der Waals surface area contributed by atoms with Gasteiger partial charge in [0, 0.05) is 12.8 Å². The molecule has 1 rings (SSSR count). The van der Waals surface area contributed by atoms with Crippen LogP contribution in [0, 0.1) is 5.41 Å². The van der Waals surface area contributed by atoms with Gasteiger partial charge in [-0.3, -0.25) is 4.79 Å². The van der Waals surface area contributed by atoms with Gasteiger partial charge in [0.25, 0.3) is 0 Å². The summed E-state index contributed by atoms with van der Waals surface area (Å²) in [4.78, 5) is 20.9. The van der Waals surface area contributed by atoms with Crippen LogP contribution >= 0.6 is 0 Å². The predicted octanol–water partition coefficient (Wildman–Crippen LogP) is 1.50. The number of aldehydes is 1. The van der Waals surface area contributed by atoms with Crippen molar-refractivity contribution >= 4 is 12.1 Å². The summed E-state index contributed by atoms with van der Waals surface area (Å²) in [5, 5.41) is 0. The van der Waals surface area contributed by atoms with Crippen molar-refractivity contribution in [3.05, 3.63) is 12.2 Å². The molecule has 11 heavy (non-hydrogen) atoms. The van der Waals surface area contributed by atoms with Gasteiger partial charge in [0.1, 0.15) is 6.29 Å². The maximum atomic E-state index is 10.8. The van der Waals surface area contributed by atoms with E-state index in [1.807, 2.05) is 13.0 Å². The van der Waals surface area contributed by atoms with Gasteiger partial charge >= 0.3 is 0 Å². The number of carbonyl (C=O) groups excluding carboxylic acids is 2. The quantitative estimate of drug-likeness (QED) is 0.574. The first kappa shape index (κ1) is 8.18. The Bertz CT molecular complexity index is 206. The van der Waals surface area contributed by atoms with E-state index in [0.717, 1.165) is 12.7 Å². The summed E-state index contributed by atoms with van der Waals surface area (Å²) in [6, 6.07) is 0. The molecule has 0 saturated heterocycles. The van der Waals surface area contributed by atoms with Crippen LogP contribution in [0.3, 0.4) is 0 Å². The number of ketones is 1. The number of allylic oxidation sites excluding steroid dienone is 2. The van der Waals surface area contributed by atoms with Crippen LogP contribution in [-0.2, 0) is 9.59 Å². The third-order valence-corrected chi connectivity index (χ3v) is 2.08. The summed E-state index contributed by atoms with van der Waals surface area (Å²) in [7, 11) is 0. The first-order valence-electron chi connectivity index (χ1n) is 3.82. The number of rotatable bonds is 3. The minimum Gasteiger partial charge on any atom is -0.303 e. The standard InChI is InChI=1S/C9H12O2/c1-9(4-2-6-10)5-3-8(11)7-9/h3,5-6H,2,4,7H2,1H3. The molecule has 0 spiro atoms. The second kappa shape index (κ2) is 2.99. The molecule has 0 aliphatic heterocycles. The van der Waals surface area contributed by atoms with Crippen LogP contribution in [0.2, 0.25) is 0 Å². The van der Waals surface area contributed by atoms with E-state index in [9.17, 15) is 9.59 Å². The average molecular weight is 152 g/mol. The van der Waals surface area contributed by atoms with Gasteiger partial charge in [0.15, 0.2) is 5.78 Å². The molecule has 0 bridgehead atoms. The van der Waals surface area contributed by atoms with Crippen LogP contribution in [0.25, 0.3) is 0 Å². The van der Waals surface area contributed by atoms with E-state index in [-0.39, 0.29) is 11.2 Å². The van der Waals surface area contributed by atoms with Gasteiger partial charge in [-0.15, -0.1) is 0 Å². The highest BCUT2D eigenvalue weighted by Crippen LogP contribution is 2.33. The van der Waals surface area contributed by atoms with E-state index in [1.54, 1.807) is 6.08 Å². The van der Waals surface area contributed by atoms with Crippen LogP contribution in [0.5, 0.6) is 0 Å². The number of hydrogen-bond donors (Lipinski definition) is 0. The molecule has 1 aliphatic rings. The van der Waals surface area contributed by atoms with Gasteiger partial charge in [-0.05, 0) is 17.9 Å². The minimum atomic E-state index is -0.0437. The minimum absolute atomic E-state index is 0.0437. The average Bonchev–Trinajstić information content (AvgIpc) is 2.28. The van der Waals surface area contributed by atoms with Gasteiger partial charge in [0.2, 0.25) is 0 Å². The highest BCUT2D eigenvalue weighted by Gasteiger charge is 2.27.